The second-order valence-corrected chi connectivity index (χ2v) is 6.15. The van der Waals surface area contributed by atoms with Gasteiger partial charge in [0.05, 0.1) is 12.7 Å². The van der Waals surface area contributed by atoms with E-state index in [1.165, 1.54) is 4.90 Å². The molecule has 1 aromatic carbocycles. The molecule has 0 bridgehead atoms. The van der Waals surface area contributed by atoms with Gasteiger partial charge in [-0.3, -0.25) is 4.68 Å². The van der Waals surface area contributed by atoms with Gasteiger partial charge in [0, 0.05) is 23.3 Å². The maximum atomic E-state index is 8.96. The lowest BCUT2D eigenvalue weighted by atomic mass is 10.2. The molecule has 0 unspecified atom stereocenters. The van der Waals surface area contributed by atoms with Gasteiger partial charge in [-0.1, -0.05) is 0 Å². The van der Waals surface area contributed by atoms with Crippen molar-refractivity contribution in [3.05, 3.63) is 53.7 Å². The summed E-state index contributed by atoms with van der Waals surface area (Å²) in [6.07, 6.45) is 6.37. The molecule has 0 atom stereocenters. The predicted octanol–water partition coefficient (Wildman–Crippen LogP) is 3.15. The number of aromatic nitrogens is 3. The van der Waals surface area contributed by atoms with Crippen LogP contribution in [0.3, 0.4) is 0 Å². The fraction of sp³-hybridized carbons (Fsp3) is 0.294. The summed E-state index contributed by atoms with van der Waals surface area (Å²) in [5.74, 6) is 1.43. The highest BCUT2D eigenvalue weighted by molar-refractivity contribution is 7.98. The fourth-order valence-corrected chi connectivity index (χ4v) is 2.74. The Labute approximate surface area is 139 Å². The lowest BCUT2D eigenvalue weighted by Gasteiger charge is -1.98. The highest BCUT2D eigenvalue weighted by Crippen LogP contribution is 2.24. The van der Waals surface area contributed by atoms with E-state index in [9.17, 15) is 0 Å². The maximum absolute atomic E-state index is 8.96. The van der Waals surface area contributed by atoms with Gasteiger partial charge >= 0.3 is 0 Å². The summed E-state index contributed by atoms with van der Waals surface area (Å²) in [4.78, 5) is 5.82. The Morgan fingerprint density at radius 3 is 2.74 bits per heavy atom. The molecule has 0 saturated carbocycles. The van der Waals surface area contributed by atoms with Crippen LogP contribution in [0.4, 0.5) is 0 Å². The van der Waals surface area contributed by atoms with E-state index in [4.69, 9.17) is 9.52 Å². The number of aliphatic hydroxyl groups excluding tert-OH is 1. The molecule has 5 nitrogen and oxygen atoms in total. The molecule has 2 heterocycles. The van der Waals surface area contributed by atoms with Crippen molar-refractivity contribution in [2.45, 2.75) is 24.8 Å². The van der Waals surface area contributed by atoms with Crippen LogP contribution in [0.2, 0.25) is 0 Å². The van der Waals surface area contributed by atoms with E-state index < -0.39 is 0 Å². The third-order valence-corrected chi connectivity index (χ3v) is 4.37. The second-order valence-electron chi connectivity index (χ2n) is 5.27. The molecular formula is C17H19N3O2S. The summed E-state index contributed by atoms with van der Waals surface area (Å²) >= 11 is 1.71. The number of aryl methyl sites for hydroxylation is 1. The predicted molar refractivity (Wildman–Crippen MR) is 90.6 cm³/mol. The van der Waals surface area contributed by atoms with Gasteiger partial charge in [0.15, 0.2) is 0 Å². The molecule has 3 aromatic rings. The molecule has 2 aromatic heterocycles. The highest BCUT2D eigenvalue weighted by atomic mass is 32.2. The fourth-order valence-electron chi connectivity index (χ4n) is 2.34. The van der Waals surface area contributed by atoms with E-state index in [2.05, 4.69) is 28.5 Å². The van der Waals surface area contributed by atoms with Crippen molar-refractivity contribution < 1.29 is 9.52 Å². The molecule has 0 amide bonds. The molecule has 3 rings (SSSR count). The topological polar surface area (TPSA) is 64.1 Å². The van der Waals surface area contributed by atoms with Crippen LogP contribution in [0, 0.1) is 6.92 Å². The first-order chi connectivity index (χ1) is 11.2. The number of hydrogen-bond donors (Lipinski definition) is 1. The van der Waals surface area contributed by atoms with Crippen molar-refractivity contribution in [2.75, 3.05) is 12.9 Å². The Morgan fingerprint density at radius 2 is 2.04 bits per heavy atom. The number of nitrogens with zero attached hydrogens (tertiary/aromatic N) is 3. The lowest BCUT2D eigenvalue weighted by Crippen LogP contribution is -2.01. The van der Waals surface area contributed by atoms with Crippen LogP contribution in [0.15, 0.2) is 46.0 Å². The highest BCUT2D eigenvalue weighted by Gasteiger charge is 2.12. The van der Waals surface area contributed by atoms with Crippen LogP contribution in [0.5, 0.6) is 0 Å². The summed E-state index contributed by atoms with van der Waals surface area (Å²) in [7, 11) is 0. The van der Waals surface area contributed by atoms with Gasteiger partial charge in [-0.15, -0.1) is 11.8 Å². The minimum absolute atomic E-state index is 0.130. The summed E-state index contributed by atoms with van der Waals surface area (Å²) in [6.45, 7) is 2.61. The van der Waals surface area contributed by atoms with Crippen LogP contribution < -0.4 is 0 Å². The zero-order valence-corrected chi connectivity index (χ0v) is 14.0. The standard InChI is InChI=1S/C17H19N3O2S/c1-12-16(11-20-10-13(7-8-21)9-18-20)19-17(22-12)14-3-5-15(23-2)6-4-14/h3-6,9-10,21H,7-8,11H2,1-2H3. The normalized spacial score (nSPS) is 11.1. The molecule has 0 saturated heterocycles. The minimum atomic E-state index is 0.130. The minimum Gasteiger partial charge on any atom is -0.441 e. The number of aliphatic hydroxyl groups is 1. The van der Waals surface area contributed by atoms with Crippen molar-refractivity contribution in [1.82, 2.24) is 14.8 Å². The Balaban J connectivity index is 1.79. The van der Waals surface area contributed by atoms with E-state index in [0.29, 0.717) is 18.9 Å². The van der Waals surface area contributed by atoms with Gasteiger partial charge < -0.3 is 9.52 Å². The number of benzene rings is 1. The molecule has 23 heavy (non-hydrogen) atoms. The second kappa shape index (κ2) is 7.02. The molecule has 0 aliphatic heterocycles. The third-order valence-electron chi connectivity index (χ3n) is 3.63. The number of oxazole rings is 1. The van der Waals surface area contributed by atoms with Crippen molar-refractivity contribution in [2.24, 2.45) is 0 Å². The van der Waals surface area contributed by atoms with Crippen LogP contribution in [-0.2, 0) is 13.0 Å². The van der Waals surface area contributed by atoms with Crippen LogP contribution >= 0.6 is 11.8 Å². The molecule has 0 spiro atoms. The van der Waals surface area contributed by atoms with Gasteiger partial charge in [-0.05, 0) is 49.4 Å². The zero-order chi connectivity index (χ0) is 16.2. The summed E-state index contributed by atoms with van der Waals surface area (Å²) in [5.41, 5.74) is 2.85. The Hall–Kier alpha value is -2.05. The molecule has 6 heteroatoms. The number of thioether (sulfide) groups is 1. The smallest absolute Gasteiger partial charge is 0.226 e. The van der Waals surface area contributed by atoms with Crippen molar-refractivity contribution in [3.63, 3.8) is 0 Å². The van der Waals surface area contributed by atoms with E-state index in [0.717, 1.165) is 22.6 Å². The molecule has 0 radical (unpaired) electrons. The average molecular weight is 329 g/mol. The molecule has 0 fully saturated rings. The van der Waals surface area contributed by atoms with E-state index in [1.54, 1.807) is 18.0 Å². The van der Waals surface area contributed by atoms with Crippen molar-refractivity contribution in [1.29, 1.82) is 0 Å². The van der Waals surface area contributed by atoms with Crippen molar-refractivity contribution in [3.8, 4) is 11.5 Å². The molecular weight excluding hydrogens is 310 g/mol. The van der Waals surface area contributed by atoms with Crippen LogP contribution in [0.25, 0.3) is 11.5 Å². The lowest BCUT2D eigenvalue weighted by molar-refractivity contribution is 0.299. The largest absolute Gasteiger partial charge is 0.441 e. The van der Waals surface area contributed by atoms with Gasteiger partial charge in [0.1, 0.15) is 11.5 Å². The van der Waals surface area contributed by atoms with E-state index in [1.807, 2.05) is 29.9 Å². The van der Waals surface area contributed by atoms with Gasteiger partial charge in [0.25, 0.3) is 0 Å². The van der Waals surface area contributed by atoms with Crippen LogP contribution in [-0.4, -0.2) is 32.7 Å². The van der Waals surface area contributed by atoms with Gasteiger partial charge in [-0.25, -0.2) is 4.98 Å². The molecule has 0 aliphatic carbocycles. The van der Waals surface area contributed by atoms with E-state index in [-0.39, 0.29) is 6.61 Å². The molecule has 1 N–H and O–H groups in total. The molecule has 0 aliphatic rings. The Bertz CT molecular complexity index is 777. The van der Waals surface area contributed by atoms with Gasteiger partial charge in [-0.2, -0.15) is 5.10 Å². The monoisotopic (exact) mass is 329 g/mol. The average Bonchev–Trinajstić information content (AvgIpc) is 3.15. The quantitative estimate of drug-likeness (QED) is 0.704. The van der Waals surface area contributed by atoms with E-state index >= 15 is 0 Å². The Kier molecular flexibility index (Phi) is 4.83. The first-order valence-electron chi connectivity index (χ1n) is 7.42. The van der Waals surface area contributed by atoms with Crippen molar-refractivity contribution >= 4 is 11.8 Å². The molecule has 120 valence electrons. The summed E-state index contributed by atoms with van der Waals surface area (Å²) in [6, 6.07) is 8.17. The summed E-state index contributed by atoms with van der Waals surface area (Å²) < 4.78 is 7.62. The first kappa shape index (κ1) is 15.8. The Morgan fingerprint density at radius 1 is 1.26 bits per heavy atom. The SMILES string of the molecule is CSc1ccc(-c2nc(Cn3cc(CCO)cn3)c(C)o2)cc1. The third kappa shape index (κ3) is 3.65. The maximum Gasteiger partial charge on any atom is 0.226 e. The first-order valence-corrected chi connectivity index (χ1v) is 8.65. The van der Waals surface area contributed by atoms with Gasteiger partial charge in [0.2, 0.25) is 5.89 Å². The number of hydrogen-bond acceptors (Lipinski definition) is 5. The number of rotatable bonds is 6. The van der Waals surface area contributed by atoms with Crippen LogP contribution in [0.1, 0.15) is 17.0 Å². The zero-order valence-electron chi connectivity index (χ0n) is 13.2. The summed E-state index contributed by atoms with van der Waals surface area (Å²) in [5, 5.41) is 13.3.